The molecule has 0 atom stereocenters. The van der Waals surface area contributed by atoms with Crippen LogP contribution in [0.25, 0.3) is 10.9 Å². The first kappa shape index (κ1) is 17.0. The van der Waals surface area contributed by atoms with Gasteiger partial charge in [-0.1, -0.05) is 42.5 Å². The molecule has 0 saturated heterocycles. The maximum atomic E-state index is 5.83. The molecule has 0 bridgehead atoms. The van der Waals surface area contributed by atoms with Crippen LogP contribution >= 0.6 is 0 Å². The molecule has 4 nitrogen and oxygen atoms in total. The molecule has 3 aromatic carbocycles. The predicted molar refractivity (Wildman–Crippen MR) is 106 cm³/mol. The lowest BCUT2D eigenvalue weighted by atomic mass is 10.3. The minimum absolute atomic E-state index is 0.577. The van der Waals surface area contributed by atoms with Gasteiger partial charge in [0.1, 0.15) is 23.9 Å². The van der Waals surface area contributed by atoms with Crippen molar-refractivity contribution in [3.8, 4) is 17.2 Å². The van der Waals surface area contributed by atoms with Crippen LogP contribution in [0.15, 0.2) is 91.1 Å². The van der Waals surface area contributed by atoms with E-state index in [2.05, 4.69) is 6.07 Å². The van der Waals surface area contributed by atoms with Crippen molar-refractivity contribution in [2.75, 3.05) is 13.2 Å². The van der Waals surface area contributed by atoms with Gasteiger partial charge in [0.2, 0.25) is 0 Å². The van der Waals surface area contributed by atoms with E-state index in [-0.39, 0.29) is 0 Å². The average molecular weight is 359 g/mol. The van der Waals surface area contributed by atoms with Gasteiger partial charge in [-0.15, -0.1) is 0 Å². The Kier molecular flexibility index (Phi) is 5.25. The SMILES string of the molecule is c1ccc(Oc2cccc(OCCCOn3ccc4ccccc43)c2)cc1. The van der Waals surface area contributed by atoms with Crippen LogP contribution in [0.2, 0.25) is 0 Å². The van der Waals surface area contributed by atoms with Crippen molar-refractivity contribution in [3.63, 3.8) is 0 Å². The van der Waals surface area contributed by atoms with E-state index in [1.165, 1.54) is 5.39 Å². The summed E-state index contributed by atoms with van der Waals surface area (Å²) in [6.07, 6.45) is 2.73. The maximum absolute atomic E-state index is 5.83. The molecule has 0 amide bonds. The second kappa shape index (κ2) is 8.32. The molecule has 0 N–H and O–H groups in total. The molecule has 0 aliphatic rings. The van der Waals surface area contributed by atoms with Gasteiger partial charge in [0.05, 0.1) is 12.1 Å². The zero-order valence-electron chi connectivity index (χ0n) is 15.0. The molecule has 0 unspecified atom stereocenters. The minimum atomic E-state index is 0.577. The Morgan fingerprint density at radius 2 is 1.44 bits per heavy atom. The fourth-order valence-electron chi connectivity index (χ4n) is 2.83. The van der Waals surface area contributed by atoms with E-state index < -0.39 is 0 Å². The predicted octanol–water partition coefficient (Wildman–Crippen LogP) is 5.33. The van der Waals surface area contributed by atoms with Crippen molar-refractivity contribution < 1.29 is 14.3 Å². The molecule has 1 heterocycles. The van der Waals surface area contributed by atoms with Crippen molar-refractivity contribution in [2.45, 2.75) is 6.42 Å². The lowest BCUT2D eigenvalue weighted by Gasteiger charge is -2.10. The number of benzene rings is 3. The quantitative estimate of drug-likeness (QED) is 0.399. The number of ether oxygens (including phenoxy) is 2. The maximum Gasteiger partial charge on any atom is 0.131 e. The second-order valence-electron chi connectivity index (χ2n) is 6.13. The van der Waals surface area contributed by atoms with Crippen LogP contribution in [-0.4, -0.2) is 17.9 Å². The third-order valence-electron chi connectivity index (χ3n) is 4.14. The van der Waals surface area contributed by atoms with Gasteiger partial charge in [0.25, 0.3) is 0 Å². The lowest BCUT2D eigenvalue weighted by molar-refractivity contribution is 0.107. The summed E-state index contributed by atoms with van der Waals surface area (Å²) < 4.78 is 13.5. The highest BCUT2D eigenvalue weighted by Crippen LogP contribution is 2.25. The Hall–Kier alpha value is -3.40. The van der Waals surface area contributed by atoms with Crippen LogP contribution in [0.3, 0.4) is 0 Å². The third-order valence-corrected chi connectivity index (χ3v) is 4.14. The van der Waals surface area contributed by atoms with E-state index in [0.29, 0.717) is 13.2 Å². The van der Waals surface area contributed by atoms with E-state index >= 15 is 0 Å². The summed E-state index contributed by atoms with van der Waals surface area (Å²) in [5, 5.41) is 1.17. The van der Waals surface area contributed by atoms with Gasteiger partial charge in [0, 0.05) is 24.1 Å². The van der Waals surface area contributed by atoms with Crippen LogP contribution in [0.1, 0.15) is 6.42 Å². The summed E-state index contributed by atoms with van der Waals surface area (Å²) >= 11 is 0. The topological polar surface area (TPSA) is 32.6 Å². The van der Waals surface area contributed by atoms with Crippen molar-refractivity contribution in [3.05, 3.63) is 91.1 Å². The monoisotopic (exact) mass is 359 g/mol. The second-order valence-corrected chi connectivity index (χ2v) is 6.13. The molecule has 4 rings (SSSR count). The molecule has 4 heteroatoms. The Morgan fingerprint density at radius 1 is 0.667 bits per heavy atom. The molecule has 0 saturated carbocycles. The van der Waals surface area contributed by atoms with Crippen LogP contribution < -0.4 is 14.3 Å². The van der Waals surface area contributed by atoms with Gasteiger partial charge in [-0.2, -0.15) is 4.73 Å². The number of hydrogen-bond acceptors (Lipinski definition) is 3. The van der Waals surface area contributed by atoms with Crippen LogP contribution in [0.5, 0.6) is 17.2 Å². The normalized spacial score (nSPS) is 10.7. The molecular formula is C23H21NO3. The van der Waals surface area contributed by atoms with E-state index in [9.17, 15) is 0 Å². The summed E-state index contributed by atoms with van der Waals surface area (Å²) in [5.74, 6) is 2.35. The number of fused-ring (bicyclic) bond motifs is 1. The van der Waals surface area contributed by atoms with Crippen LogP contribution in [0, 0.1) is 0 Å². The van der Waals surface area contributed by atoms with Crippen LogP contribution in [0.4, 0.5) is 0 Å². The molecule has 0 spiro atoms. The Labute approximate surface area is 158 Å². The number of nitrogens with zero attached hydrogens (tertiary/aromatic N) is 1. The van der Waals surface area contributed by atoms with Crippen molar-refractivity contribution in [2.24, 2.45) is 0 Å². The van der Waals surface area contributed by atoms with E-state index in [1.54, 1.807) is 0 Å². The van der Waals surface area contributed by atoms with Crippen LogP contribution in [-0.2, 0) is 0 Å². The van der Waals surface area contributed by atoms with Gasteiger partial charge < -0.3 is 14.3 Å². The highest BCUT2D eigenvalue weighted by Gasteiger charge is 2.02. The highest BCUT2D eigenvalue weighted by atomic mass is 16.7. The van der Waals surface area contributed by atoms with E-state index in [1.807, 2.05) is 89.8 Å². The average Bonchev–Trinajstić information content (AvgIpc) is 3.12. The fraction of sp³-hybridized carbons (Fsp3) is 0.130. The van der Waals surface area contributed by atoms with E-state index in [4.69, 9.17) is 14.3 Å². The lowest BCUT2D eigenvalue weighted by Crippen LogP contribution is -2.13. The van der Waals surface area contributed by atoms with Gasteiger partial charge in [-0.25, -0.2) is 0 Å². The molecule has 27 heavy (non-hydrogen) atoms. The first-order valence-corrected chi connectivity index (χ1v) is 9.04. The molecule has 0 radical (unpaired) electrons. The van der Waals surface area contributed by atoms with Gasteiger partial charge >= 0.3 is 0 Å². The third kappa shape index (κ3) is 4.42. The summed E-state index contributed by atoms with van der Waals surface area (Å²) in [6, 6.07) is 27.6. The minimum Gasteiger partial charge on any atom is -0.493 e. The number of hydrogen-bond donors (Lipinski definition) is 0. The molecular weight excluding hydrogens is 338 g/mol. The summed E-state index contributed by atoms with van der Waals surface area (Å²) in [5.41, 5.74) is 1.07. The summed E-state index contributed by atoms with van der Waals surface area (Å²) in [7, 11) is 0. The number of para-hydroxylation sites is 2. The molecule has 136 valence electrons. The van der Waals surface area contributed by atoms with E-state index in [0.717, 1.165) is 29.2 Å². The Bertz CT molecular complexity index is 995. The molecule has 1 aromatic heterocycles. The van der Waals surface area contributed by atoms with Crippen molar-refractivity contribution in [1.29, 1.82) is 0 Å². The van der Waals surface area contributed by atoms with Crippen molar-refractivity contribution >= 4 is 10.9 Å². The standard InChI is InChI=1S/C23H21NO3/c1-2-9-20(10-3-1)27-22-12-6-11-21(18-22)25-16-7-17-26-24-15-14-19-8-4-5-13-23(19)24/h1-6,8-15,18H,7,16-17H2. The largest absolute Gasteiger partial charge is 0.493 e. The zero-order chi connectivity index (χ0) is 18.3. The first-order valence-electron chi connectivity index (χ1n) is 9.04. The number of rotatable bonds is 8. The molecule has 0 aliphatic heterocycles. The fourth-order valence-corrected chi connectivity index (χ4v) is 2.83. The van der Waals surface area contributed by atoms with Gasteiger partial charge in [-0.3, -0.25) is 0 Å². The van der Waals surface area contributed by atoms with Gasteiger partial charge in [0.15, 0.2) is 0 Å². The number of aromatic nitrogens is 1. The summed E-state index contributed by atoms with van der Waals surface area (Å²) in [4.78, 5) is 5.81. The van der Waals surface area contributed by atoms with Gasteiger partial charge in [-0.05, 0) is 36.4 Å². The summed E-state index contributed by atoms with van der Waals surface area (Å²) in [6.45, 7) is 1.16. The Balaban J connectivity index is 1.25. The molecule has 0 aliphatic carbocycles. The molecule has 4 aromatic rings. The zero-order valence-corrected chi connectivity index (χ0v) is 15.0. The molecule has 0 fully saturated rings. The van der Waals surface area contributed by atoms with Crippen molar-refractivity contribution in [1.82, 2.24) is 4.73 Å². The smallest absolute Gasteiger partial charge is 0.131 e. The Morgan fingerprint density at radius 3 is 2.37 bits per heavy atom. The highest BCUT2D eigenvalue weighted by molar-refractivity contribution is 5.79. The first-order chi connectivity index (χ1) is 13.4.